The number of hydrogen-bond donors (Lipinski definition) is 8. The molecule has 61 heavy (non-hydrogen) atoms. The molecule has 4 amide bonds. The lowest BCUT2D eigenvalue weighted by Crippen LogP contribution is -2.45. The van der Waals surface area contributed by atoms with Crippen molar-refractivity contribution in [2.24, 2.45) is 0 Å². The molecule has 0 bridgehead atoms. The van der Waals surface area contributed by atoms with Crippen LogP contribution in [0.5, 0.6) is 0 Å². The lowest BCUT2D eigenvalue weighted by atomic mass is 9.91. The van der Waals surface area contributed by atoms with Gasteiger partial charge in [-0.3, -0.25) is 14.5 Å². The molecule has 17 nitrogen and oxygen atoms in total. The van der Waals surface area contributed by atoms with Crippen LogP contribution < -0.4 is 26.6 Å². The van der Waals surface area contributed by atoms with E-state index in [2.05, 4.69) is 98.4 Å². The van der Waals surface area contributed by atoms with Crippen LogP contribution in [0.1, 0.15) is 81.2 Å². The summed E-state index contributed by atoms with van der Waals surface area (Å²) in [4.78, 5) is 63.1. The molecule has 2 aromatic carbocycles. The number of imidazole rings is 1. The molecule has 0 unspecified atom stereocenters. The second kappa shape index (κ2) is 22.1. The number of carbonyl (C=O) groups is 4. The summed E-state index contributed by atoms with van der Waals surface area (Å²) in [7, 11) is 0. The molecule has 1 aliphatic carbocycles. The number of aliphatic hydroxyl groups is 2. The number of rotatable bonds is 17. The van der Waals surface area contributed by atoms with E-state index in [1.807, 2.05) is 36.4 Å². The molecule has 8 N–H and O–H groups in total. The summed E-state index contributed by atoms with van der Waals surface area (Å²) < 4.78 is 33.4. The highest BCUT2D eigenvalue weighted by Crippen LogP contribution is 2.34. The number of amides is 4. The highest BCUT2D eigenvalue weighted by atomic mass is 19.4. The first-order chi connectivity index (χ1) is 28.9. The van der Waals surface area contributed by atoms with E-state index in [0.29, 0.717) is 43.1 Å². The lowest BCUT2D eigenvalue weighted by Gasteiger charge is -2.30. The number of carboxylic acid groups (broad SMARTS) is 1. The first-order valence-corrected chi connectivity index (χ1v) is 20.0. The summed E-state index contributed by atoms with van der Waals surface area (Å²) in [6.07, 6.45) is -5.56. The fourth-order valence-corrected chi connectivity index (χ4v) is 7.02. The van der Waals surface area contributed by atoms with Crippen LogP contribution in [0.2, 0.25) is 0 Å². The molecular weight excluding hydrogens is 802 g/mol. The molecule has 5 rings (SSSR count). The Morgan fingerprint density at radius 3 is 1.95 bits per heavy atom. The number of carbonyl (C=O) groups excluding carboxylic acids is 3. The number of urea groups is 1. The van der Waals surface area contributed by atoms with E-state index in [0.717, 1.165) is 11.1 Å². The van der Waals surface area contributed by atoms with E-state index >= 15 is 0 Å². The van der Waals surface area contributed by atoms with Crippen LogP contribution in [0.3, 0.4) is 0 Å². The predicted molar refractivity (Wildman–Crippen MR) is 221 cm³/mol. The van der Waals surface area contributed by atoms with E-state index in [1.165, 1.54) is 6.33 Å². The van der Waals surface area contributed by atoms with Gasteiger partial charge in [-0.1, -0.05) is 67.6 Å². The van der Waals surface area contributed by atoms with Crippen molar-refractivity contribution in [1.82, 2.24) is 45.7 Å². The number of alkyl halides is 3. The number of benzene rings is 2. The van der Waals surface area contributed by atoms with E-state index in [1.54, 1.807) is 11.5 Å². The third-order valence-electron chi connectivity index (χ3n) is 10.1. The molecule has 1 fully saturated rings. The molecular formula is C41H55F3N10O7. The molecule has 2 heterocycles. The van der Waals surface area contributed by atoms with Gasteiger partial charge in [-0.05, 0) is 45.2 Å². The first kappa shape index (κ1) is 47.8. The third kappa shape index (κ3) is 13.3. The highest BCUT2D eigenvalue weighted by Gasteiger charge is 2.44. The number of aliphatic hydroxyl groups excluding tert-OH is 2. The van der Waals surface area contributed by atoms with E-state index in [4.69, 9.17) is 9.90 Å². The monoisotopic (exact) mass is 856 g/mol. The standard InChI is InChI=1S/C39H54N10O5.C2HF3O2/c1-6-31(50)45-29-21-30(34(52)33(29)51)49-23-44-32-35(43-22-28(26-13-9-7-10-14-26)27-15-11-8-12-16-27)46-36(47-37(32)49)38(53)40-17-18-41-39(54)42-19-20-48(24(2)3)25(4)5;3-2(4,5)1(6)7/h7-16,23-25,28-30,33-34,51-52H,6,17-22H2,1-5H3,(H,40,53)(H,45,50)(H2,41,42,54)(H,43,46,47);(H,6,7)/t29-,30+,33+,34-;/m0./s1. The van der Waals surface area contributed by atoms with Crippen LogP contribution in [0, 0.1) is 0 Å². The number of nitrogens with one attached hydrogen (secondary N) is 5. The number of fused-ring (bicyclic) bond motifs is 1. The average Bonchev–Trinajstić information content (AvgIpc) is 3.77. The Balaban J connectivity index is 0.00000107. The Bertz CT molecular complexity index is 2010. The maximum atomic E-state index is 13.6. The van der Waals surface area contributed by atoms with Gasteiger partial charge in [-0.25, -0.2) is 24.5 Å². The van der Waals surface area contributed by atoms with Gasteiger partial charge in [0.2, 0.25) is 11.7 Å². The van der Waals surface area contributed by atoms with Gasteiger partial charge in [-0.2, -0.15) is 13.2 Å². The fourth-order valence-electron chi connectivity index (χ4n) is 7.02. The summed E-state index contributed by atoms with van der Waals surface area (Å²) in [6, 6.07) is 19.1. The van der Waals surface area contributed by atoms with Gasteiger partial charge in [0.05, 0.1) is 18.4 Å². The van der Waals surface area contributed by atoms with Crippen molar-refractivity contribution in [3.63, 3.8) is 0 Å². The van der Waals surface area contributed by atoms with Crippen molar-refractivity contribution < 1.29 is 47.7 Å². The van der Waals surface area contributed by atoms with E-state index in [-0.39, 0.29) is 55.3 Å². The van der Waals surface area contributed by atoms with Crippen molar-refractivity contribution in [3.8, 4) is 0 Å². The average molecular weight is 857 g/mol. The highest BCUT2D eigenvalue weighted by molar-refractivity contribution is 5.94. The lowest BCUT2D eigenvalue weighted by molar-refractivity contribution is -0.192. The smallest absolute Gasteiger partial charge is 0.475 e. The number of anilines is 1. The third-order valence-corrected chi connectivity index (χ3v) is 10.1. The van der Waals surface area contributed by atoms with E-state index < -0.39 is 42.3 Å². The Hall–Kier alpha value is -5.86. The molecule has 4 atom stereocenters. The summed E-state index contributed by atoms with van der Waals surface area (Å²) in [5.74, 6) is -3.45. The van der Waals surface area contributed by atoms with Crippen LogP contribution in [0.15, 0.2) is 67.0 Å². The zero-order valence-corrected chi connectivity index (χ0v) is 34.7. The topological polar surface area (TPSA) is 236 Å². The van der Waals surface area contributed by atoms with Gasteiger partial charge >= 0.3 is 18.2 Å². The molecule has 4 aromatic rings. The van der Waals surface area contributed by atoms with Crippen molar-refractivity contribution in [2.45, 2.75) is 95.9 Å². The minimum Gasteiger partial charge on any atom is -0.475 e. The van der Waals surface area contributed by atoms with Gasteiger partial charge in [0.25, 0.3) is 5.91 Å². The Morgan fingerprint density at radius 1 is 0.852 bits per heavy atom. The second-order valence-electron chi connectivity index (χ2n) is 15.0. The van der Waals surface area contributed by atoms with Gasteiger partial charge in [0.1, 0.15) is 17.7 Å². The molecule has 0 aliphatic heterocycles. The van der Waals surface area contributed by atoms with E-state index in [9.17, 15) is 37.8 Å². The Labute approximate surface area is 351 Å². The number of halogens is 3. The molecule has 332 valence electrons. The molecule has 0 radical (unpaired) electrons. The Morgan fingerprint density at radius 2 is 1.41 bits per heavy atom. The normalized spacial score (nSPS) is 17.6. The van der Waals surface area contributed by atoms with Crippen molar-refractivity contribution in [3.05, 3.63) is 83.9 Å². The number of aromatic nitrogens is 4. The zero-order valence-electron chi connectivity index (χ0n) is 34.7. The van der Waals surface area contributed by atoms with Crippen molar-refractivity contribution in [1.29, 1.82) is 0 Å². The van der Waals surface area contributed by atoms with Crippen LogP contribution in [0.25, 0.3) is 11.2 Å². The largest absolute Gasteiger partial charge is 0.490 e. The quantitative estimate of drug-likeness (QED) is 0.0714. The molecule has 1 saturated carbocycles. The van der Waals surface area contributed by atoms with Crippen molar-refractivity contribution >= 4 is 40.8 Å². The molecule has 20 heteroatoms. The zero-order chi connectivity index (χ0) is 44.9. The molecule has 0 spiro atoms. The van der Waals surface area contributed by atoms with Crippen molar-refractivity contribution in [2.75, 3.05) is 38.0 Å². The summed E-state index contributed by atoms with van der Waals surface area (Å²) in [5, 5.41) is 43.7. The SMILES string of the molecule is CCC(=O)N[C@H]1C[C@@H](n2cnc3c(NCC(c4ccccc4)c4ccccc4)nc(C(=O)NCCNC(=O)NCCN(C(C)C)C(C)C)nc32)[C@H](O)[C@@H]1O.O=C(O)C(F)(F)F. The number of aliphatic carboxylic acids is 1. The minimum absolute atomic E-state index is 0.0671. The molecule has 1 aliphatic rings. The molecule has 0 saturated heterocycles. The van der Waals surface area contributed by atoms with Crippen LogP contribution in [-0.2, 0) is 9.59 Å². The summed E-state index contributed by atoms with van der Waals surface area (Å²) in [5.41, 5.74) is 2.83. The second-order valence-corrected chi connectivity index (χ2v) is 15.0. The summed E-state index contributed by atoms with van der Waals surface area (Å²) >= 11 is 0. The summed E-state index contributed by atoms with van der Waals surface area (Å²) in [6.45, 7) is 12.1. The van der Waals surface area contributed by atoms with Gasteiger partial charge in [0, 0.05) is 57.1 Å². The van der Waals surface area contributed by atoms with Crippen LogP contribution >= 0.6 is 0 Å². The maximum Gasteiger partial charge on any atom is 0.490 e. The van der Waals surface area contributed by atoms with Gasteiger partial charge in [-0.15, -0.1) is 0 Å². The van der Waals surface area contributed by atoms with Crippen LogP contribution in [-0.4, -0.2) is 133 Å². The Kier molecular flexibility index (Phi) is 17.3. The predicted octanol–water partition coefficient (Wildman–Crippen LogP) is 3.41. The molecule has 2 aromatic heterocycles. The van der Waals surface area contributed by atoms with Gasteiger partial charge in [0.15, 0.2) is 11.5 Å². The maximum absolute atomic E-state index is 13.6. The first-order valence-electron chi connectivity index (χ1n) is 20.0. The number of carboxylic acids is 1. The fraction of sp³-hybridized carbons (Fsp3) is 0.488. The van der Waals surface area contributed by atoms with Gasteiger partial charge < -0.3 is 46.5 Å². The van der Waals surface area contributed by atoms with Crippen LogP contribution in [0.4, 0.5) is 23.8 Å². The number of nitrogens with zero attached hydrogens (tertiary/aromatic N) is 5. The minimum atomic E-state index is -5.08. The number of hydrogen-bond acceptors (Lipinski definition) is 11.